The average molecular weight is 312 g/mol. The summed E-state index contributed by atoms with van der Waals surface area (Å²) < 4.78 is 5.62. The number of hydrogen-bond acceptors (Lipinski definition) is 3. The first-order valence-corrected chi connectivity index (χ1v) is 7.86. The molecule has 0 atom stereocenters. The highest BCUT2D eigenvalue weighted by atomic mass is 16.5. The van der Waals surface area contributed by atoms with Gasteiger partial charge in [-0.05, 0) is 49.2 Å². The number of anilines is 2. The minimum Gasteiger partial charge on any atom is -0.493 e. The maximum Gasteiger partial charge on any atom is 0.243 e. The molecule has 122 valence electrons. The number of benzene rings is 2. The predicted octanol–water partition coefficient (Wildman–Crippen LogP) is 4.08. The van der Waals surface area contributed by atoms with E-state index < -0.39 is 0 Å². The van der Waals surface area contributed by atoms with Crippen molar-refractivity contribution < 1.29 is 9.53 Å². The van der Waals surface area contributed by atoms with E-state index in [0.29, 0.717) is 12.5 Å². The summed E-state index contributed by atoms with van der Waals surface area (Å²) >= 11 is 0. The molecule has 4 nitrogen and oxygen atoms in total. The van der Waals surface area contributed by atoms with Gasteiger partial charge in [0.2, 0.25) is 5.91 Å². The second-order valence-electron chi connectivity index (χ2n) is 6.00. The Morgan fingerprint density at radius 1 is 1.00 bits per heavy atom. The van der Waals surface area contributed by atoms with Gasteiger partial charge < -0.3 is 15.4 Å². The Balaban J connectivity index is 1.79. The molecule has 0 saturated heterocycles. The number of carbonyl (C=O) groups is 1. The molecule has 2 N–H and O–H groups in total. The first-order chi connectivity index (χ1) is 11.0. The third-order valence-electron chi connectivity index (χ3n) is 3.23. The van der Waals surface area contributed by atoms with E-state index in [2.05, 4.69) is 24.5 Å². The number of carbonyl (C=O) groups excluding carboxylic acids is 1. The molecule has 0 bridgehead atoms. The van der Waals surface area contributed by atoms with Crippen LogP contribution in [0.5, 0.6) is 5.75 Å². The van der Waals surface area contributed by atoms with Gasteiger partial charge in [0.15, 0.2) is 0 Å². The van der Waals surface area contributed by atoms with Crippen molar-refractivity contribution in [2.24, 2.45) is 5.92 Å². The lowest BCUT2D eigenvalue weighted by molar-refractivity contribution is -0.114. The molecule has 0 aliphatic carbocycles. The Kier molecular flexibility index (Phi) is 6.03. The van der Waals surface area contributed by atoms with E-state index in [1.54, 1.807) is 0 Å². The third-order valence-corrected chi connectivity index (χ3v) is 3.23. The van der Waals surface area contributed by atoms with Crippen LogP contribution in [0.25, 0.3) is 0 Å². The van der Waals surface area contributed by atoms with E-state index in [1.807, 2.05) is 55.5 Å². The Bertz CT molecular complexity index is 619. The number of amides is 1. The summed E-state index contributed by atoms with van der Waals surface area (Å²) in [4.78, 5) is 11.9. The number of nitrogens with one attached hydrogen (secondary N) is 2. The van der Waals surface area contributed by atoms with E-state index in [4.69, 9.17) is 4.74 Å². The zero-order chi connectivity index (χ0) is 16.7. The highest BCUT2D eigenvalue weighted by Gasteiger charge is 2.03. The van der Waals surface area contributed by atoms with Crippen molar-refractivity contribution in [2.45, 2.75) is 20.8 Å². The fourth-order valence-corrected chi connectivity index (χ4v) is 1.96. The van der Waals surface area contributed by atoms with E-state index in [0.717, 1.165) is 17.1 Å². The first kappa shape index (κ1) is 16.9. The second-order valence-corrected chi connectivity index (χ2v) is 6.00. The van der Waals surface area contributed by atoms with Crippen LogP contribution >= 0.6 is 0 Å². The van der Waals surface area contributed by atoms with Gasteiger partial charge in [0.1, 0.15) is 5.75 Å². The quantitative estimate of drug-likeness (QED) is 0.810. The average Bonchev–Trinajstić information content (AvgIpc) is 2.53. The van der Waals surface area contributed by atoms with Gasteiger partial charge in [-0.25, -0.2) is 0 Å². The highest BCUT2D eigenvalue weighted by Crippen LogP contribution is 2.16. The topological polar surface area (TPSA) is 50.4 Å². The molecule has 0 aliphatic rings. The second kappa shape index (κ2) is 8.22. The summed E-state index contributed by atoms with van der Waals surface area (Å²) in [5.74, 6) is 1.22. The molecular formula is C19H24N2O2. The molecule has 0 saturated carbocycles. The summed E-state index contributed by atoms with van der Waals surface area (Å²) in [6, 6.07) is 15.4. The van der Waals surface area contributed by atoms with Gasteiger partial charge in [0.25, 0.3) is 0 Å². The molecule has 0 heterocycles. The lowest BCUT2D eigenvalue weighted by Crippen LogP contribution is -2.21. The zero-order valence-electron chi connectivity index (χ0n) is 13.9. The number of hydrogen-bond donors (Lipinski definition) is 2. The summed E-state index contributed by atoms with van der Waals surface area (Å²) in [5.41, 5.74) is 2.89. The van der Waals surface area contributed by atoms with Crippen molar-refractivity contribution in [3.05, 3.63) is 54.1 Å². The Morgan fingerprint density at radius 2 is 1.61 bits per heavy atom. The maximum absolute atomic E-state index is 11.9. The van der Waals surface area contributed by atoms with Gasteiger partial charge >= 0.3 is 0 Å². The fourth-order valence-electron chi connectivity index (χ4n) is 1.96. The molecular weight excluding hydrogens is 288 g/mol. The monoisotopic (exact) mass is 312 g/mol. The van der Waals surface area contributed by atoms with Crippen molar-refractivity contribution in [3.8, 4) is 5.75 Å². The van der Waals surface area contributed by atoms with Crippen molar-refractivity contribution in [2.75, 3.05) is 23.8 Å². The van der Waals surface area contributed by atoms with Crippen LogP contribution in [0.15, 0.2) is 48.5 Å². The molecule has 0 spiro atoms. The van der Waals surface area contributed by atoms with E-state index in [1.165, 1.54) is 5.56 Å². The molecule has 2 aromatic rings. The summed E-state index contributed by atoms with van der Waals surface area (Å²) in [5, 5.41) is 5.96. The van der Waals surface area contributed by atoms with Crippen LogP contribution in [-0.4, -0.2) is 19.1 Å². The normalized spacial score (nSPS) is 10.4. The standard InChI is InChI=1S/C19H24N2O2/c1-14(2)13-23-18-10-8-17(9-11-18)21-19(22)12-20-16-6-4-15(3)5-7-16/h4-11,14,20H,12-13H2,1-3H3,(H,21,22). The molecule has 2 aromatic carbocycles. The van der Waals surface area contributed by atoms with Crippen molar-refractivity contribution in [1.82, 2.24) is 0 Å². The molecule has 2 rings (SSSR count). The molecule has 0 aliphatic heterocycles. The van der Waals surface area contributed by atoms with Gasteiger partial charge in [-0.3, -0.25) is 4.79 Å². The minimum absolute atomic E-state index is 0.0820. The number of aryl methyl sites for hydroxylation is 1. The Hall–Kier alpha value is -2.49. The molecule has 0 unspecified atom stereocenters. The lowest BCUT2D eigenvalue weighted by atomic mass is 10.2. The Labute approximate surface area is 137 Å². The van der Waals surface area contributed by atoms with Gasteiger partial charge in [0.05, 0.1) is 13.2 Å². The molecule has 4 heteroatoms. The summed E-state index contributed by atoms with van der Waals surface area (Å²) in [7, 11) is 0. The summed E-state index contributed by atoms with van der Waals surface area (Å²) in [6.45, 7) is 7.16. The summed E-state index contributed by atoms with van der Waals surface area (Å²) in [6.07, 6.45) is 0. The predicted molar refractivity (Wildman–Crippen MR) is 95.1 cm³/mol. The highest BCUT2D eigenvalue weighted by molar-refractivity contribution is 5.93. The zero-order valence-corrected chi connectivity index (χ0v) is 13.9. The number of rotatable bonds is 7. The van der Waals surface area contributed by atoms with Gasteiger partial charge in [-0.15, -0.1) is 0 Å². The molecule has 0 aromatic heterocycles. The van der Waals surface area contributed by atoms with Crippen molar-refractivity contribution >= 4 is 17.3 Å². The van der Waals surface area contributed by atoms with E-state index in [-0.39, 0.29) is 12.5 Å². The van der Waals surface area contributed by atoms with Crippen LogP contribution < -0.4 is 15.4 Å². The lowest BCUT2D eigenvalue weighted by Gasteiger charge is -2.10. The Morgan fingerprint density at radius 3 is 2.22 bits per heavy atom. The van der Waals surface area contributed by atoms with E-state index in [9.17, 15) is 4.79 Å². The van der Waals surface area contributed by atoms with E-state index >= 15 is 0 Å². The SMILES string of the molecule is Cc1ccc(NCC(=O)Nc2ccc(OCC(C)C)cc2)cc1. The third kappa shape index (κ3) is 6.02. The minimum atomic E-state index is -0.0820. The fraction of sp³-hybridized carbons (Fsp3) is 0.316. The van der Waals surface area contributed by atoms with Gasteiger partial charge in [-0.1, -0.05) is 31.5 Å². The van der Waals surface area contributed by atoms with Crippen LogP contribution in [0.3, 0.4) is 0 Å². The first-order valence-electron chi connectivity index (χ1n) is 7.86. The van der Waals surface area contributed by atoms with Crippen LogP contribution in [0.4, 0.5) is 11.4 Å². The smallest absolute Gasteiger partial charge is 0.243 e. The molecule has 0 fully saturated rings. The van der Waals surface area contributed by atoms with Crippen LogP contribution in [0.2, 0.25) is 0 Å². The largest absolute Gasteiger partial charge is 0.493 e. The molecule has 1 amide bonds. The maximum atomic E-state index is 11.9. The van der Waals surface area contributed by atoms with Gasteiger partial charge in [0, 0.05) is 11.4 Å². The van der Waals surface area contributed by atoms with Crippen molar-refractivity contribution in [1.29, 1.82) is 0 Å². The molecule has 0 radical (unpaired) electrons. The van der Waals surface area contributed by atoms with Gasteiger partial charge in [-0.2, -0.15) is 0 Å². The molecule has 23 heavy (non-hydrogen) atoms. The van der Waals surface area contributed by atoms with Crippen LogP contribution in [0.1, 0.15) is 19.4 Å². The van der Waals surface area contributed by atoms with Crippen LogP contribution in [-0.2, 0) is 4.79 Å². The van der Waals surface area contributed by atoms with Crippen LogP contribution in [0, 0.1) is 12.8 Å². The van der Waals surface area contributed by atoms with Crippen molar-refractivity contribution in [3.63, 3.8) is 0 Å². The number of ether oxygens (including phenoxy) is 1.